The first-order valence-electron chi connectivity index (χ1n) is 9.10. The maximum atomic E-state index is 13.3. The molecule has 136 valence electrons. The number of hydrogen-bond donors (Lipinski definition) is 0. The van der Waals surface area contributed by atoms with Crippen LogP contribution in [0.5, 0.6) is 0 Å². The van der Waals surface area contributed by atoms with E-state index in [4.69, 9.17) is 0 Å². The summed E-state index contributed by atoms with van der Waals surface area (Å²) < 4.78 is 15.1. The number of hydrogen-bond acceptors (Lipinski definition) is 3. The maximum absolute atomic E-state index is 13.3. The molecule has 0 atom stereocenters. The van der Waals surface area contributed by atoms with E-state index in [1.165, 1.54) is 12.1 Å². The van der Waals surface area contributed by atoms with Crippen molar-refractivity contribution in [1.29, 1.82) is 0 Å². The summed E-state index contributed by atoms with van der Waals surface area (Å²) in [6.07, 6.45) is 17.0. The van der Waals surface area contributed by atoms with Crippen LogP contribution < -0.4 is 0 Å². The van der Waals surface area contributed by atoms with Crippen LogP contribution in [-0.4, -0.2) is 19.7 Å². The summed E-state index contributed by atoms with van der Waals surface area (Å²) >= 11 is 0. The Kier molecular flexibility index (Phi) is 3.98. The quantitative estimate of drug-likeness (QED) is 0.656. The third-order valence-corrected chi connectivity index (χ3v) is 4.86. The number of allylic oxidation sites excluding steroid dienone is 5. The zero-order valence-electron chi connectivity index (χ0n) is 15.0. The van der Waals surface area contributed by atoms with E-state index in [0.29, 0.717) is 0 Å². The second-order valence-electron chi connectivity index (χ2n) is 6.58. The van der Waals surface area contributed by atoms with Crippen molar-refractivity contribution in [2.45, 2.75) is 6.42 Å². The number of benzene rings is 1. The molecule has 0 unspecified atom stereocenters. The van der Waals surface area contributed by atoms with Gasteiger partial charge in [0.25, 0.3) is 0 Å². The number of aromatic nitrogens is 3. The average molecular weight is 368 g/mol. The highest BCUT2D eigenvalue weighted by Gasteiger charge is 2.21. The molecule has 4 heterocycles. The fraction of sp³-hybridized carbons (Fsp3) is 0.0435. The normalized spacial score (nSPS) is 15.6. The standard InChI is InChI=1S/C23H17FN4/c24-19-5-8-21(9-6-19)28-23(12-15-26-28)18-4-7-20-2-1-3-22(27(20)16-18)17-10-13-25-14-11-17/h2-16H,1H2. The summed E-state index contributed by atoms with van der Waals surface area (Å²) in [5.74, 6) is -0.260. The lowest BCUT2D eigenvalue weighted by Gasteiger charge is -2.31. The molecule has 2 aromatic heterocycles. The minimum Gasteiger partial charge on any atom is -0.317 e. The van der Waals surface area contributed by atoms with E-state index in [-0.39, 0.29) is 5.82 Å². The fourth-order valence-electron chi connectivity index (χ4n) is 3.52. The van der Waals surface area contributed by atoms with E-state index in [2.05, 4.69) is 45.5 Å². The minimum atomic E-state index is -0.260. The van der Waals surface area contributed by atoms with Crippen LogP contribution >= 0.6 is 0 Å². The minimum absolute atomic E-state index is 0.260. The zero-order valence-corrected chi connectivity index (χ0v) is 15.0. The van der Waals surface area contributed by atoms with Crippen LogP contribution in [0.4, 0.5) is 4.39 Å². The maximum Gasteiger partial charge on any atom is 0.123 e. The largest absolute Gasteiger partial charge is 0.317 e. The van der Waals surface area contributed by atoms with Gasteiger partial charge in [-0.25, -0.2) is 9.07 Å². The summed E-state index contributed by atoms with van der Waals surface area (Å²) in [7, 11) is 0. The van der Waals surface area contributed by atoms with Gasteiger partial charge in [-0.3, -0.25) is 4.98 Å². The highest BCUT2D eigenvalue weighted by molar-refractivity contribution is 5.79. The molecule has 28 heavy (non-hydrogen) atoms. The lowest BCUT2D eigenvalue weighted by Crippen LogP contribution is -2.19. The van der Waals surface area contributed by atoms with Crippen molar-refractivity contribution < 1.29 is 4.39 Å². The molecule has 0 bridgehead atoms. The van der Waals surface area contributed by atoms with Crippen molar-refractivity contribution in [3.8, 4) is 5.69 Å². The van der Waals surface area contributed by atoms with Crippen molar-refractivity contribution in [3.05, 3.63) is 114 Å². The zero-order chi connectivity index (χ0) is 18.9. The lowest BCUT2D eigenvalue weighted by atomic mass is 10.0. The van der Waals surface area contributed by atoms with Gasteiger partial charge in [-0.2, -0.15) is 5.10 Å². The summed E-state index contributed by atoms with van der Waals surface area (Å²) in [6.45, 7) is 0. The van der Waals surface area contributed by atoms with Crippen LogP contribution in [0.25, 0.3) is 17.0 Å². The van der Waals surface area contributed by atoms with Gasteiger partial charge < -0.3 is 4.90 Å². The Morgan fingerprint density at radius 3 is 2.50 bits per heavy atom. The van der Waals surface area contributed by atoms with Gasteiger partial charge in [0, 0.05) is 41.1 Å². The SMILES string of the molecule is Fc1ccc(-n2nccc2C2=CN3C(=CCC=C3c3ccncc3)C=C2)cc1. The molecule has 5 heteroatoms. The first kappa shape index (κ1) is 16.4. The Balaban J connectivity index is 1.55. The lowest BCUT2D eigenvalue weighted by molar-refractivity contribution is 0.627. The van der Waals surface area contributed by atoms with Crippen molar-refractivity contribution in [1.82, 2.24) is 19.7 Å². The van der Waals surface area contributed by atoms with E-state index in [0.717, 1.165) is 40.3 Å². The summed E-state index contributed by atoms with van der Waals surface area (Å²) in [5, 5.41) is 4.44. The molecule has 1 aromatic carbocycles. The van der Waals surface area contributed by atoms with E-state index < -0.39 is 0 Å². The highest BCUT2D eigenvalue weighted by atomic mass is 19.1. The van der Waals surface area contributed by atoms with Crippen LogP contribution in [0, 0.1) is 5.82 Å². The van der Waals surface area contributed by atoms with Crippen LogP contribution in [0.1, 0.15) is 17.7 Å². The molecular formula is C23H17FN4. The molecule has 0 fully saturated rings. The second-order valence-corrected chi connectivity index (χ2v) is 6.58. The van der Waals surface area contributed by atoms with Crippen molar-refractivity contribution >= 4 is 11.3 Å². The van der Waals surface area contributed by atoms with E-state index >= 15 is 0 Å². The van der Waals surface area contributed by atoms with Crippen LogP contribution in [0.15, 0.2) is 97.3 Å². The first-order chi connectivity index (χ1) is 13.8. The van der Waals surface area contributed by atoms with Gasteiger partial charge in [0.15, 0.2) is 0 Å². The van der Waals surface area contributed by atoms with Gasteiger partial charge in [0.1, 0.15) is 5.82 Å². The number of rotatable bonds is 3. The van der Waals surface area contributed by atoms with Gasteiger partial charge in [0.05, 0.1) is 17.6 Å². The predicted molar refractivity (Wildman–Crippen MR) is 107 cm³/mol. The van der Waals surface area contributed by atoms with Crippen molar-refractivity contribution in [3.63, 3.8) is 0 Å². The smallest absolute Gasteiger partial charge is 0.123 e. The summed E-state index contributed by atoms with van der Waals surface area (Å²) in [4.78, 5) is 6.31. The molecule has 0 aliphatic carbocycles. The molecule has 0 amide bonds. The molecule has 0 N–H and O–H groups in total. The van der Waals surface area contributed by atoms with Gasteiger partial charge in [-0.1, -0.05) is 12.2 Å². The molecular weight excluding hydrogens is 351 g/mol. The summed E-state index contributed by atoms with van der Waals surface area (Å²) in [5.41, 5.74) is 6.20. The number of halogens is 1. The molecule has 5 rings (SSSR count). The first-order valence-corrected chi connectivity index (χ1v) is 9.10. The highest BCUT2D eigenvalue weighted by Crippen LogP contribution is 2.34. The molecule has 0 spiro atoms. The molecule has 2 aliphatic rings. The third-order valence-electron chi connectivity index (χ3n) is 4.86. The van der Waals surface area contributed by atoms with E-state index in [1.807, 2.05) is 35.3 Å². The fourth-order valence-corrected chi connectivity index (χ4v) is 3.52. The van der Waals surface area contributed by atoms with Gasteiger partial charge in [-0.15, -0.1) is 0 Å². The van der Waals surface area contributed by atoms with Crippen molar-refractivity contribution in [2.75, 3.05) is 0 Å². The van der Waals surface area contributed by atoms with Gasteiger partial charge in [0.2, 0.25) is 0 Å². The topological polar surface area (TPSA) is 34.0 Å². The number of fused-ring (bicyclic) bond motifs is 1. The number of pyridine rings is 1. The monoisotopic (exact) mass is 368 g/mol. The molecule has 0 saturated heterocycles. The van der Waals surface area contributed by atoms with Crippen molar-refractivity contribution in [2.24, 2.45) is 0 Å². The van der Waals surface area contributed by atoms with Gasteiger partial charge >= 0.3 is 0 Å². The molecule has 0 saturated carbocycles. The van der Waals surface area contributed by atoms with Gasteiger partial charge in [-0.05, 0) is 61.0 Å². The number of nitrogens with zero attached hydrogens (tertiary/aromatic N) is 4. The van der Waals surface area contributed by atoms with E-state index in [9.17, 15) is 4.39 Å². The van der Waals surface area contributed by atoms with Crippen LogP contribution in [-0.2, 0) is 0 Å². The molecule has 4 nitrogen and oxygen atoms in total. The van der Waals surface area contributed by atoms with Crippen LogP contribution in [0.3, 0.4) is 0 Å². The molecule has 3 aromatic rings. The van der Waals surface area contributed by atoms with Crippen LogP contribution in [0.2, 0.25) is 0 Å². The Labute approximate surface area is 162 Å². The molecule has 2 aliphatic heterocycles. The average Bonchev–Trinajstić information content (AvgIpc) is 3.24. The third kappa shape index (κ3) is 2.87. The molecule has 0 radical (unpaired) electrons. The Hall–Kier alpha value is -3.73. The second kappa shape index (κ2) is 6.78. The summed E-state index contributed by atoms with van der Waals surface area (Å²) in [6, 6.07) is 12.4. The Morgan fingerprint density at radius 1 is 0.857 bits per heavy atom. The predicted octanol–water partition coefficient (Wildman–Crippen LogP) is 4.95. The Morgan fingerprint density at radius 2 is 1.68 bits per heavy atom. The Bertz CT molecular complexity index is 1130. The van der Waals surface area contributed by atoms with E-state index in [1.54, 1.807) is 18.3 Å².